The number of carbonyl (C=O) groups is 1. The zero-order valence-corrected chi connectivity index (χ0v) is 14.6. The van der Waals surface area contributed by atoms with Crippen LogP contribution in [0.4, 0.5) is 10.5 Å². The molecule has 0 radical (unpaired) electrons. The van der Waals surface area contributed by atoms with E-state index >= 15 is 0 Å². The Kier molecular flexibility index (Phi) is 4.44. The first kappa shape index (κ1) is 16.1. The number of amides is 1. The van der Waals surface area contributed by atoms with Gasteiger partial charge in [-0.25, -0.2) is 4.79 Å². The molecule has 0 atom stereocenters. The third-order valence-electron chi connectivity index (χ3n) is 5.07. The van der Waals surface area contributed by atoms with E-state index in [0.717, 1.165) is 44.6 Å². The van der Waals surface area contributed by atoms with Crippen molar-refractivity contribution < 1.29 is 9.53 Å². The second-order valence-corrected chi connectivity index (χ2v) is 6.83. The molecule has 0 spiro atoms. The summed E-state index contributed by atoms with van der Waals surface area (Å²) in [6.07, 6.45) is 7.02. The van der Waals surface area contributed by atoms with Gasteiger partial charge in [-0.15, -0.1) is 0 Å². The fourth-order valence-electron chi connectivity index (χ4n) is 3.81. The lowest BCUT2D eigenvalue weighted by Gasteiger charge is -2.31. The van der Waals surface area contributed by atoms with Crippen molar-refractivity contribution in [2.45, 2.75) is 25.8 Å². The van der Waals surface area contributed by atoms with Crippen molar-refractivity contribution in [1.82, 2.24) is 14.7 Å². The Morgan fingerprint density at radius 2 is 2.20 bits per heavy atom. The number of ether oxygens (including phenoxy) is 1. The molecule has 1 aromatic carbocycles. The lowest BCUT2D eigenvalue weighted by Crippen LogP contribution is -2.33. The second-order valence-electron chi connectivity index (χ2n) is 6.83. The molecule has 0 saturated carbocycles. The predicted octanol–water partition coefficient (Wildman–Crippen LogP) is 2.37. The number of anilines is 1. The number of hydrogen-bond donors (Lipinski definition) is 0. The van der Waals surface area contributed by atoms with Crippen LogP contribution in [0.15, 0.2) is 30.6 Å². The number of aromatic nitrogens is 2. The number of cyclic esters (lactones) is 1. The summed E-state index contributed by atoms with van der Waals surface area (Å²) < 4.78 is 6.96. The lowest BCUT2D eigenvalue weighted by molar-refractivity contribution is 0.181. The van der Waals surface area contributed by atoms with Gasteiger partial charge in [-0.3, -0.25) is 14.5 Å². The van der Waals surface area contributed by atoms with Gasteiger partial charge in [-0.2, -0.15) is 5.10 Å². The topological polar surface area (TPSA) is 50.6 Å². The van der Waals surface area contributed by atoms with E-state index in [9.17, 15) is 4.79 Å². The molecule has 2 aliphatic heterocycles. The van der Waals surface area contributed by atoms with E-state index < -0.39 is 0 Å². The molecule has 1 aromatic heterocycles. The standard InChI is InChI=1S/C19H24N4O2/c1-21-13-15(12-20-21)4-3-8-22-9-7-17-16(14-22)5-2-6-18(17)23-10-11-25-19(23)24/h2,5-6,12-13H,3-4,7-11,14H2,1H3. The fraction of sp³-hybridized carbons (Fsp3) is 0.474. The monoisotopic (exact) mass is 340 g/mol. The summed E-state index contributed by atoms with van der Waals surface area (Å²) in [7, 11) is 1.96. The highest BCUT2D eigenvalue weighted by Crippen LogP contribution is 2.30. The first-order valence-electron chi connectivity index (χ1n) is 8.95. The largest absolute Gasteiger partial charge is 0.447 e. The Morgan fingerprint density at radius 3 is 2.96 bits per heavy atom. The molecule has 0 unspecified atom stereocenters. The van der Waals surface area contributed by atoms with Crippen molar-refractivity contribution in [3.05, 3.63) is 47.3 Å². The maximum Gasteiger partial charge on any atom is 0.414 e. The van der Waals surface area contributed by atoms with Crippen LogP contribution in [0.3, 0.4) is 0 Å². The molecule has 132 valence electrons. The smallest absolute Gasteiger partial charge is 0.414 e. The van der Waals surface area contributed by atoms with Crippen LogP contribution < -0.4 is 4.90 Å². The highest BCUT2D eigenvalue weighted by molar-refractivity contribution is 5.90. The van der Waals surface area contributed by atoms with E-state index in [0.29, 0.717) is 13.2 Å². The van der Waals surface area contributed by atoms with Gasteiger partial charge in [0.2, 0.25) is 0 Å². The van der Waals surface area contributed by atoms with Crippen molar-refractivity contribution in [2.75, 3.05) is 31.1 Å². The molecular weight excluding hydrogens is 316 g/mol. The zero-order valence-electron chi connectivity index (χ0n) is 14.6. The highest BCUT2D eigenvalue weighted by atomic mass is 16.6. The molecular formula is C19H24N4O2. The Hall–Kier alpha value is -2.34. The molecule has 2 aliphatic rings. The van der Waals surface area contributed by atoms with E-state index in [4.69, 9.17) is 4.74 Å². The summed E-state index contributed by atoms with van der Waals surface area (Å²) in [4.78, 5) is 16.2. The average molecular weight is 340 g/mol. The number of benzene rings is 1. The molecule has 6 nitrogen and oxygen atoms in total. The van der Waals surface area contributed by atoms with Crippen LogP contribution in [-0.4, -0.2) is 47.0 Å². The maximum atomic E-state index is 11.9. The van der Waals surface area contributed by atoms with Gasteiger partial charge in [0.05, 0.1) is 18.4 Å². The van der Waals surface area contributed by atoms with Crippen LogP contribution >= 0.6 is 0 Å². The van der Waals surface area contributed by atoms with Crippen molar-refractivity contribution in [2.24, 2.45) is 7.05 Å². The average Bonchev–Trinajstić information content (AvgIpc) is 3.22. The second kappa shape index (κ2) is 6.88. The van der Waals surface area contributed by atoms with Crippen molar-refractivity contribution >= 4 is 11.8 Å². The van der Waals surface area contributed by atoms with Crippen LogP contribution in [0.1, 0.15) is 23.1 Å². The number of hydrogen-bond acceptors (Lipinski definition) is 4. The predicted molar refractivity (Wildman–Crippen MR) is 95.6 cm³/mol. The van der Waals surface area contributed by atoms with Crippen LogP contribution in [0.5, 0.6) is 0 Å². The Balaban J connectivity index is 1.39. The summed E-state index contributed by atoms with van der Waals surface area (Å²) in [5.74, 6) is 0. The third kappa shape index (κ3) is 3.39. The van der Waals surface area contributed by atoms with Gasteiger partial charge in [0.25, 0.3) is 0 Å². The quantitative estimate of drug-likeness (QED) is 0.838. The first-order valence-corrected chi connectivity index (χ1v) is 8.95. The molecule has 25 heavy (non-hydrogen) atoms. The first-order chi connectivity index (χ1) is 12.2. The molecule has 1 fully saturated rings. The van der Waals surface area contributed by atoms with Crippen LogP contribution in [0.25, 0.3) is 0 Å². The lowest BCUT2D eigenvalue weighted by atomic mass is 9.97. The van der Waals surface area contributed by atoms with Gasteiger partial charge in [-0.1, -0.05) is 12.1 Å². The molecule has 3 heterocycles. The van der Waals surface area contributed by atoms with E-state index in [2.05, 4.69) is 28.3 Å². The Bertz CT molecular complexity index is 771. The molecule has 1 saturated heterocycles. The van der Waals surface area contributed by atoms with Gasteiger partial charge in [0, 0.05) is 26.3 Å². The summed E-state index contributed by atoms with van der Waals surface area (Å²) in [6, 6.07) is 6.29. The van der Waals surface area contributed by atoms with Gasteiger partial charge < -0.3 is 4.74 Å². The minimum atomic E-state index is -0.215. The van der Waals surface area contributed by atoms with Gasteiger partial charge in [0.15, 0.2) is 0 Å². The van der Waals surface area contributed by atoms with E-state index in [1.807, 2.05) is 24.0 Å². The number of nitrogens with zero attached hydrogens (tertiary/aromatic N) is 4. The SMILES string of the molecule is Cn1cc(CCCN2CCc3c(cccc3N3CCOC3=O)C2)cn1. The normalized spacial score (nSPS) is 17.6. The van der Waals surface area contributed by atoms with E-state index in [-0.39, 0.29) is 6.09 Å². The minimum Gasteiger partial charge on any atom is -0.447 e. The molecule has 0 bridgehead atoms. The number of fused-ring (bicyclic) bond motifs is 1. The van der Waals surface area contributed by atoms with Gasteiger partial charge in [0.1, 0.15) is 6.61 Å². The van der Waals surface area contributed by atoms with E-state index in [1.165, 1.54) is 16.7 Å². The number of carbonyl (C=O) groups excluding carboxylic acids is 1. The van der Waals surface area contributed by atoms with Crippen molar-refractivity contribution in [3.63, 3.8) is 0 Å². The maximum absolute atomic E-state index is 11.9. The third-order valence-corrected chi connectivity index (χ3v) is 5.07. The molecule has 4 rings (SSSR count). The summed E-state index contributed by atoms with van der Waals surface area (Å²) in [5, 5.41) is 4.23. The van der Waals surface area contributed by atoms with Gasteiger partial charge in [-0.05, 0) is 48.6 Å². The fourth-order valence-corrected chi connectivity index (χ4v) is 3.81. The minimum absolute atomic E-state index is 0.215. The number of rotatable bonds is 5. The molecule has 6 heteroatoms. The zero-order chi connectivity index (χ0) is 17.2. The van der Waals surface area contributed by atoms with Crippen LogP contribution in [0.2, 0.25) is 0 Å². The number of aryl methyl sites for hydroxylation is 2. The molecule has 0 N–H and O–H groups in total. The van der Waals surface area contributed by atoms with Crippen molar-refractivity contribution in [3.8, 4) is 0 Å². The van der Waals surface area contributed by atoms with Crippen LogP contribution in [-0.2, 0) is 31.2 Å². The van der Waals surface area contributed by atoms with Crippen LogP contribution in [0, 0.1) is 0 Å². The Labute approximate surface area is 148 Å². The Morgan fingerprint density at radius 1 is 1.28 bits per heavy atom. The summed E-state index contributed by atoms with van der Waals surface area (Å²) >= 11 is 0. The molecule has 1 amide bonds. The van der Waals surface area contributed by atoms with E-state index in [1.54, 1.807) is 4.90 Å². The van der Waals surface area contributed by atoms with Crippen molar-refractivity contribution in [1.29, 1.82) is 0 Å². The molecule has 2 aromatic rings. The summed E-state index contributed by atoms with van der Waals surface area (Å²) in [6.45, 7) is 4.23. The summed E-state index contributed by atoms with van der Waals surface area (Å²) in [5.41, 5.74) is 4.99. The molecule has 0 aliphatic carbocycles. The van der Waals surface area contributed by atoms with Gasteiger partial charge >= 0.3 is 6.09 Å². The highest BCUT2D eigenvalue weighted by Gasteiger charge is 2.28.